The van der Waals surface area contributed by atoms with Crippen LogP contribution in [0.4, 0.5) is 11.4 Å². The number of methoxy groups -OCH3 is 1. The van der Waals surface area contributed by atoms with Crippen LogP contribution in [0.25, 0.3) is 11.0 Å². The van der Waals surface area contributed by atoms with E-state index < -0.39 is 15.9 Å². The lowest BCUT2D eigenvalue weighted by molar-refractivity contribution is 0.0998. The van der Waals surface area contributed by atoms with Gasteiger partial charge < -0.3 is 14.5 Å². The molecule has 0 fully saturated rings. The topological polar surface area (TPSA) is 97.6 Å². The quantitative estimate of drug-likeness (QED) is 0.477. The van der Waals surface area contributed by atoms with Crippen molar-refractivity contribution in [2.75, 3.05) is 17.1 Å². The van der Waals surface area contributed by atoms with Gasteiger partial charge in [-0.2, -0.15) is 0 Å². The third kappa shape index (κ3) is 4.13. The van der Waals surface area contributed by atoms with Gasteiger partial charge in [-0.1, -0.05) is 18.2 Å². The summed E-state index contributed by atoms with van der Waals surface area (Å²) in [6, 6.07) is 21.4. The molecule has 0 saturated carbocycles. The lowest BCUT2D eigenvalue weighted by Crippen LogP contribution is -2.14. The van der Waals surface area contributed by atoms with Crippen molar-refractivity contribution in [1.29, 1.82) is 0 Å². The van der Waals surface area contributed by atoms with E-state index in [0.717, 1.165) is 5.39 Å². The molecule has 1 aromatic heterocycles. The molecule has 0 aliphatic carbocycles. The Morgan fingerprint density at radius 3 is 2.23 bits per heavy atom. The maximum absolute atomic E-state index is 12.6. The zero-order chi connectivity index (χ0) is 21.1. The van der Waals surface area contributed by atoms with Gasteiger partial charge in [0.2, 0.25) is 0 Å². The molecule has 0 spiro atoms. The fourth-order valence-corrected chi connectivity index (χ4v) is 3.94. The molecule has 30 heavy (non-hydrogen) atoms. The van der Waals surface area contributed by atoms with Gasteiger partial charge in [-0.15, -0.1) is 0 Å². The molecule has 0 unspecified atom stereocenters. The first-order chi connectivity index (χ1) is 14.4. The van der Waals surface area contributed by atoms with Crippen LogP contribution in [0, 0.1) is 0 Å². The second-order valence-electron chi connectivity index (χ2n) is 6.46. The van der Waals surface area contributed by atoms with Crippen LogP contribution in [0.3, 0.4) is 0 Å². The Kier molecular flexibility index (Phi) is 5.16. The minimum absolute atomic E-state index is 0.0695. The molecule has 4 rings (SSSR count). The molecule has 7 nitrogen and oxygen atoms in total. The van der Waals surface area contributed by atoms with E-state index in [1.165, 1.54) is 31.4 Å². The van der Waals surface area contributed by atoms with E-state index in [9.17, 15) is 13.2 Å². The molecule has 0 atom stereocenters. The van der Waals surface area contributed by atoms with Crippen molar-refractivity contribution in [1.82, 2.24) is 0 Å². The standard InChI is InChI=1S/C22H18N2O5S/c1-28-18-10-6-17(7-11-18)24-30(26,27)19-12-8-16(9-13-19)23-22(25)21-14-15-4-2-3-5-20(15)29-21/h2-14,24H,1H3,(H,23,25). The molecule has 1 heterocycles. The molecule has 0 bridgehead atoms. The molecule has 0 radical (unpaired) electrons. The number of hydrogen-bond donors (Lipinski definition) is 2. The number of fused-ring (bicyclic) bond motifs is 1. The smallest absolute Gasteiger partial charge is 0.291 e. The summed E-state index contributed by atoms with van der Waals surface area (Å²) >= 11 is 0. The van der Waals surface area contributed by atoms with Gasteiger partial charge >= 0.3 is 0 Å². The molecule has 4 aromatic rings. The molecule has 152 valence electrons. The maximum Gasteiger partial charge on any atom is 0.291 e. The van der Waals surface area contributed by atoms with E-state index in [0.29, 0.717) is 22.7 Å². The summed E-state index contributed by atoms with van der Waals surface area (Å²) in [5.74, 6) is 0.384. The molecule has 1 amide bonds. The Hall–Kier alpha value is -3.78. The number of furan rings is 1. The number of para-hydroxylation sites is 1. The summed E-state index contributed by atoms with van der Waals surface area (Å²) in [4.78, 5) is 12.5. The fourth-order valence-electron chi connectivity index (χ4n) is 2.88. The highest BCUT2D eigenvalue weighted by Crippen LogP contribution is 2.22. The predicted octanol–water partition coefficient (Wildman–Crippen LogP) is 4.49. The summed E-state index contributed by atoms with van der Waals surface area (Å²) in [6.07, 6.45) is 0. The normalized spacial score (nSPS) is 11.2. The maximum atomic E-state index is 12.6. The van der Waals surface area contributed by atoms with E-state index in [1.54, 1.807) is 36.4 Å². The van der Waals surface area contributed by atoms with Crippen molar-refractivity contribution < 1.29 is 22.4 Å². The molecule has 0 aliphatic heterocycles. The Bertz CT molecular complexity index is 1260. The second-order valence-corrected chi connectivity index (χ2v) is 8.14. The number of nitrogens with one attached hydrogen (secondary N) is 2. The van der Waals surface area contributed by atoms with Crippen LogP contribution >= 0.6 is 0 Å². The Labute approximate surface area is 173 Å². The van der Waals surface area contributed by atoms with Gasteiger partial charge in [0.15, 0.2) is 5.76 Å². The zero-order valence-corrected chi connectivity index (χ0v) is 16.8. The van der Waals surface area contributed by atoms with E-state index in [4.69, 9.17) is 9.15 Å². The number of sulfonamides is 1. The first kappa shape index (κ1) is 19.5. The average molecular weight is 422 g/mol. The van der Waals surface area contributed by atoms with E-state index in [2.05, 4.69) is 10.0 Å². The number of anilines is 2. The Morgan fingerprint density at radius 1 is 0.900 bits per heavy atom. The SMILES string of the molecule is COc1ccc(NS(=O)(=O)c2ccc(NC(=O)c3cc4ccccc4o3)cc2)cc1. The van der Waals surface area contributed by atoms with Crippen LogP contribution in [0.2, 0.25) is 0 Å². The van der Waals surface area contributed by atoms with Crippen LogP contribution in [0.15, 0.2) is 88.2 Å². The highest BCUT2D eigenvalue weighted by atomic mass is 32.2. The first-order valence-electron chi connectivity index (χ1n) is 9.01. The predicted molar refractivity (Wildman–Crippen MR) is 114 cm³/mol. The number of rotatable bonds is 6. The monoisotopic (exact) mass is 422 g/mol. The van der Waals surface area contributed by atoms with Crippen LogP contribution in [0.5, 0.6) is 5.75 Å². The highest BCUT2D eigenvalue weighted by molar-refractivity contribution is 7.92. The molecule has 2 N–H and O–H groups in total. The van der Waals surface area contributed by atoms with Gasteiger partial charge in [-0.3, -0.25) is 9.52 Å². The third-order valence-electron chi connectivity index (χ3n) is 4.41. The average Bonchev–Trinajstić information content (AvgIpc) is 3.19. The van der Waals surface area contributed by atoms with Crippen molar-refractivity contribution in [2.45, 2.75) is 4.90 Å². The first-order valence-corrected chi connectivity index (χ1v) is 10.5. The van der Waals surface area contributed by atoms with Crippen molar-refractivity contribution >= 4 is 38.3 Å². The van der Waals surface area contributed by atoms with Crippen molar-refractivity contribution in [3.8, 4) is 5.75 Å². The molecule has 0 saturated heterocycles. The number of carbonyl (C=O) groups is 1. The number of ether oxygens (including phenoxy) is 1. The molecule has 0 aliphatic rings. The number of benzene rings is 3. The Morgan fingerprint density at radius 2 is 1.57 bits per heavy atom. The van der Waals surface area contributed by atoms with Crippen LogP contribution < -0.4 is 14.8 Å². The number of hydrogen-bond acceptors (Lipinski definition) is 5. The van der Waals surface area contributed by atoms with Gasteiger partial charge in [0, 0.05) is 16.8 Å². The van der Waals surface area contributed by atoms with Gasteiger partial charge in [-0.25, -0.2) is 8.42 Å². The van der Waals surface area contributed by atoms with Gasteiger partial charge in [0.1, 0.15) is 11.3 Å². The summed E-state index contributed by atoms with van der Waals surface area (Å²) in [6.45, 7) is 0. The number of amides is 1. The summed E-state index contributed by atoms with van der Waals surface area (Å²) in [7, 11) is -2.23. The highest BCUT2D eigenvalue weighted by Gasteiger charge is 2.16. The third-order valence-corrected chi connectivity index (χ3v) is 5.81. The molecule has 3 aromatic carbocycles. The largest absolute Gasteiger partial charge is 0.497 e. The summed E-state index contributed by atoms with van der Waals surface area (Å²) in [5.41, 5.74) is 1.48. The van der Waals surface area contributed by atoms with Crippen molar-refractivity contribution in [3.05, 3.63) is 84.6 Å². The van der Waals surface area contributed by atoms with Crippen LogP contribution in [-0.2, 0) is 10.0 Å². The van der Waals surface area contributed by atoms with Crippen molar-refractivity contribution in [3.63, 3.8) is 0 Å². The van der Waals surface area contributed by atoms with E-state index in [1.807, 2.05) is 18.2 Å². The molecular formula is C22H18N2O5S. The summed E-state index contributed by atoms with van der Waals surface area (Å²) < 4.78 is 38.2. The molecular weight excluding hydrogens is 404 g/mol. The molecule has 8 heteroatoms. The van der Waals surface area contributed by atoms with Crippen LogP contribution in [0.1, 0.15) is 10.6 Å². The van der Waals surface area contributed by atoms with Crippen LogP contribution in [-0.4, -0.2) is 21.4 Å². The lowest BCUT2D eigenvalue weighted by atomic mass is 10.2. The fraction of sp³-hybridized carbons (Fsp3) is 0.0455. The van der Waals surface area contributed by atoms with Gasteiger partial charge in [0.25, 0.3) is 15.9 Å². The van der Waals surface area contributed by atoms with E-state index >= 15 is 0 Å². The minimum atomic E-state index is -3.77. The van der Waals surface area contributed by atoms with Gasteiger partial charge in [0.05, 0.1) is 12.0 Å². The minimum Gasteiger partial charge on any atom is -0.497 e. The lowest BCUT2D eigenvalue weighted by Gasteiger charge is -2.10. The second kappa shape index (κ2) is 7.92. The zero-order valence-electron chi connectivity index (χ0n) is 16.0. The Balaban J connectivity index is 1.46. The van der Waals surface area contributed by atoms with Crippen molar-refractivity contribution in [2.24, 2.45) is 0 Å². The number of carbonyl (C=O) groups excluding carboxylic acids is 1. The van der Waals surface area contributed by atoms with Gasteiger partial charge in [-0.05, 0) is 60.7 Å². The van der Waals surface area contributed by atoms with E-state index in [-0.39, 0.29) is 10.7 Å². The summed E-state index contributed by atoms with van der Waals surface area (Å²) in [5, 5.41) is 3.53.